The third-order valence-corrected chi connectivity index (χ3v) is 8.15. The zero-order valence-corrected chi connectivity index (χ0v) is 19.3. The van der Waals surface area contributed by atoms with Gasteiger partial charge in [0.05, 0.1) is 18.8 Å². The van der Waals surface area contributed by atoms with Crippen molar-refractivity contribution in [2.45, 2.75) is 63.6 Å². The van der Waals surface area contributed by atoms with Crippen molar-refractivity contribution in [1.29, 1.82) is 0 Å². The Labute approximate surface area is 191 Å². The van der Waals surface area contributed by atoms with E-state index in [4.69, 9.17) is 4.74 Å². The number of fused-ring (bicyclic) bond motifs is 3. The lowest BCUT2D eigenvalue weighted by atomic mass is 9.77. The van der Waals surface area contributed by atoms with Gasteiger partial charge in [-0.2, -0.15) is 0 Å². The van der Waals surface area contributed by atoms with Gasteiger partial charge in [-0.15, -0.1) is 0 Å². The molecule has 2 saturated heterocycles. The maximum absolute atomic E-state index is 14.2. The second kappa shape index (κ2) is 9.24. The standard InChI is InChI=1S/C28H36FNO2/c1-18(15-30-10-9-28-22(16-30)13-24(17-31)32-28)11-27-19(2)26-14-23(29)8-7-21(26)12-20-5-3-4-6-25(20)27/h3-8,14,18-19,22,24,27-28,31H,9-13,15-17H2,1-2H3/t18-,19?,22?,24?,27-,28?/m0/s1. The Balaban J connectivity index is 1.31. The molecule has 0 amide bonds. The molecule has 2 aromatic rings. The van der Waals surface area contributed by atoms with Crippen LogP contribution in [0, 0.1) is 17.7 Å². The molecule has 172 valence electrons. The Bertz CT molecular complexity index is 947. The number of hydrogen-bond donors (Lipinski definition) is 1. The topological polar surface area (TPSA) is 32.7 Å². The monoisotopic (exact) mass is 437 g/mol. The molecule has 0 aromatic heterocycles. The second-order valence-corrected chi connectivity index (χ2v) is 10.5. The molecule has 6 atom stereocenters. The van der Waals surface area contributed by atoms with Crippen molar-refractivity contribution in [1.82, 2.24) is 4.90 Å². The number of hydrogen-bond acceptors (Lipinski definition) is 3. The van der Waals surface area contributed by atoms with Crippen LogP contribution in [0.2, 0.25) is 0 Å². The summed E-state index contributed by atoms with van der Waals surface area (Å²) in [5.41, 5.74) is 5.28. The van der Waals surface area contributed by atoms with Crippen LogP contribution in [0.15, 0.2) is 42.5 Å². The van der Waals surface area contributed by atoms with Gasteiger partial charge in [-0.3, -0.25) is 0 Å². The van der Waals surface area contributed by atoms with Crippen LogP contribution in [-0.4, -0.2) is 48.5 Å². The lowest BCUT2D eigenvalue weighted by Crippen LogP contribution is -2.43. The van der Waals surface area contributed by atoms with Gasteiger partial charge in [0.1, 0.15) is 5.82 Å². The number of aliphatic hydroxyl groups excluding tert-OH is 1. The summed E-state index contributed by atoms with van der Waals surface area (Å²) in [6.07, 6.45) is 4.42. The van der Waals surface area contributed by atoms with E-state index in [0.29, 0.717) is 29.8 Å². The molecule has 3 nitrogen and oxygen atoms in total. The van der Waals surface area contributed by atoms with Crippen molar-refractivity contribution in [2.75, 3.05) is 26.2 Å². The molecule has 5 rings (SSSR count). The number of likely N-dealkylation sites (tertiary alicyclic amines) is 1. The minimum Gasteiger partial charge on any atom is -0.394 e. The van der Waals surface area contributed by atoms with Crippen LogP contribution in [0.1, 0.15) is 67.2 Å². The van der Waals surface area contributed by atoms with Gasteiger partial charge in [0.25, 0.3) is 0 Å². The van der Waals surface area contributed by atoms with Gasteiger partial charge in [0, 0.05) is 25.6 Å². The molecule has 4 heteroatoms. The molecule has 2 heterocycles. The van der Waals surface area contributed by atoms with Crippen LogP contribution in [0.4, 0.5) is 4.39 Å². The summed E-state index contributed by atoms with van der Waals surface area (Å²) in [6.45, 7) is 8.05. The lowest BCUT2D eigenvalue weighted by molar-refractivity contribution is -0.0192. The zero-order valence-electron chi connectivity index (χ0n) is 19.3. The summed E-state index contributed by atoms with van der Waals surface area (Å²) < 4.78 is 20.1. The van der Waals surface area contributed by atoms with E-state index in [0.717, 1.165) is 45.3 Å². The van der Waals surface area contributed by atoms with E-state index >= 15 is 0 Å². The highest BCUT2D eigenvalue weighted by molar-refractivity contribution is 5.45. The van der Waals surface area contributed by atoms with E-state index < -0.39 is 0 Å². The summed E-state index contributed by atoms with van der Waals surface area (Å²) >= 11 is 0. The number of nitrogens with zero attached hydrogens (tertiary/aromatic N) is 1. The van der Waals surface area contributed by atoms with Crippen molar-refractivity contribution in [3.63, 3.8) is 0 Å². The predicted molar refractivity (Wildman–Crippen MR) is 125 cm³/mol. The van der Waals surface area contributed by atoms with Crippen LogP contribution < -0.4 is 0 Å². The van der Waals surface area contributed by atoms with Crippen LogP contribution in [0.5, 0.6) is 0 Å². The Kier molecular flexibility index (Phi) is 6.37. The highest BCUT2D eigenvalue weighted by Gasteiger charge is 2.39. The number of halogens is 1. The van der Waals surface area contributed by atoms with Crippen LogP contribution in [0.25, 0.3) is 0 Å². The molecule has 2 aliphatic heterocycles. The van der Waals surface area contributed by atoms with Crippen molar-refractivity contribution < 1.29 is 14.2 Å². The first kappa shape index (κ1) is 22.1. The van der Waals surface area contributed by atoms with Gasteiger partial charge >= 0.3 is 0 Å². The van der Waals surface area contributed by atoms with Crippen molar-refractivity contribution in [2.24, 2.45) is 11.8 Å². The molecule has 1 N–H and O–H groups in total. The summed E-state index contributed by atoms with van der Waals surface area (Å²) in [7, 11) is 0. The van der Waals surface area contributed by atoms with Gasteiger partial charge in [-0.25, -0.2) is 4.39 Å². The molecule has 0 spiro atoms. The van der Waals surface area contributed by atoms with Gasteiger partial charge in [-0.1, -0.05) is 44.2 Å². The fourth-order valence-electron chi connectivity index (χ4n) is 6.59. The fourth-order valence-corrected chi connectivity index (χ4v) is 6.59. The molecule has 2 aromatic carbocycles. The van der Waals surface area contributed by atoms with Crippen molar-refractivity contribution in [3.8, 4) is 0 Å². The summed E-state index contributed by atoms with van der Waals surface area (Å²) in [5, 5.41) is 9.46. The first-order valence-corrected chi connectivity index (χ1v) is 12.4. The van der Waals surface area contributed by atoms with Gasteiger partial charge < -0.3 is 14.7 Å². The van der Waals surface area contributed by atoms with E-state index in [9.17, 15) is 9.50 Å². The smallest absolute Gasteiger partial charge is 0.123 e. The molecule has 4 unspecified atom stereocenters. The average Bonchev–Trinajstić information content (AvgIpc) is 3.17. The summed E-state index contributed by atoms with van der Waals surface area (Å²) in [6, 6.07) is 14.2. The van der Waals surface area contributed by atoms with E-state index in [1.165, 1.54) is 22.3 Å². The van der Waals surface area contributed by atoms with Crippen molar-refractivity contribution in [3.05, 3.63) is 70.5 Å². The maximum atomic E-state index is 14.2. The molecular formula is C28H36FNO2. The minimum absolute atomic E-state index is 0.0335. The third-order valence-electron chi connectivity index (χ3n) is 8.15. The Morgan fingerprint density at radius 3 is 2.81 bits per heavy atom. The quantitative estimate of drug-likeness (QED) is 0.705. The number of aliphatic hydroxyl groups is 1. The first-order chi connectivity index (χ1) is 15.5. The number of rotatable bonds is 5. The normalized spacial score (nSPS) is 30.8. The molecular weight excluding hydrogens is 401 g/mol. The molecule has 0 radical (unpaired) electrons. The van der Waals surface area contributed by atoms with E-state index in [2.05, 4.69) is 43.0 Å². The molecule has 0 bridgehead atoms. The molecule has 3 aliphatic rings. The molecule has 1 aliphatic carbocycles. The minimum atomic E-state index is -0.129. The Morgan fingerprint density at radius 1 is 1.16 bits per heavy atom. The SMILES string of the molecule is CC1c2cc(F)ccc2Cc2ccccc2[C@H]1C[C@H](C)CN1CCC2OC(CO)CC2C1. The fraction of sp³-hybridized carbons (Fsp3) is 0.571. The molecule has 2 fully saturated rings. The highest BCUT2D eigenvalue weighted by Crippen LogP contribution is 2.44. The van der Waals surface area contributed by atoms with E-state index in [1.54, 1.807) is 12.1 Å². The number of benzene rings is 2. The van der Waals surface area contributed by atoms with E-state index in [1.807, 2.05) is 6.07 Å². The summed E-state index contributed by atoms with van der Waals surface area (Å²) in [4.78, 5) is 2.61. The second-order valence-electron chi connectivity index (χ2n) is 10.5. The van der Waals surface area contributed by atoms with Gasteiger partial charge in [-0.05, 0) is 77.8 Å². The third kappa shape index (κ3) is 4.37. The Hall–Kier alpha value is -1.75. The van der Waals surface area contributed by atoms with E-state index in [-0.39, 0.29) is 18.5 Å². The Morgan fingerprint density at radius 2 is 1.97 bits per heavy atom. The maximum Gasteiger partial charge on any atom is 0.123 e. The van der Waals surface area contributed by atoms with Crippen LogP contribution >= 0.6 is 0 Å². The zero-order chi connectivity index (χ0) is 22.2. The molecule has 0 saturated carbocycles. The first-order valence-electron chi connectivity index (χ1n) is 12.4. The van der Waals surface area contributed by atoms with Crippen LogP contribution in [-0.2, 0) is 11.2 Å². The van der Waals surface area contributed by atoms with Crippen LogP contribution in [0.3, 0.4) is 0 Å². The number of ether oxygens (including phenoxy) is 1. The van der Waals surface area contributed by atoms with Gasteiger partial charge in [0.2, 0.25) is 0 Å². The largest absolute Gasteiger partial charge is 0.394 e. The highest BCUT2D eigenvalue weighted by atomic mass is 19.1. The van der Waals surface area contributed by atoms with Gasteiger partial charge in [0.15, 0.2) is 0 Å². The number of piperidine rings is 1. The molecule has 32 heavy (non-hydrogen) atoms. The lowest BCUT2D eigenvalue weighted by Gasteiger charge is -2.36. The van der Waals surface area contributed by atoms with Crippen molar-refractivity contribution >= 4 is 0 Å². The average molecular weight is 438 g/mol. The summed E-state index contributed by atoms with van der Waals surface area (Å²) in [5.74, 6) is 1.68. The predicted octanol–water partition coefficient (Wildman–Crippen LogP) is 5.12.